The number of hydrogen-bond acceptors (Lipinski definition) is 3. The van der Waals surface area contributed by atoms with Gasteiger partial charge in [0.15, 0.2) is 0 Å². The van der Waals surface area contributed by atoms with Crippen molar-refractivity contribution in [3.63, 3.8) is 0 Å². The molecule has 0 fully saturated rings. The van der Waals surface area contributed by atoms with Gasteiger partial charge in [-0.05, 0) is 37.1 Å². The van der Waals surface area contributed by atoms with Gasteiger partial charge in [0.1, 0.15) is 0 Å². The van der Waals surface area contributed by atoms with Crippen LogP contribution in [-0.4, -0.2) is 37.4 Å². The van der Waals surface area contributed by atoms with E-state index in [4.69, 9.17) is 9.84 Å². The highest BCUT2D eigenvalue weighted by Gasteiger charge is 2.04. The largest absolute Gasteiger partial charge is 0.478 e. The van der Waals surface area contributed by atoms with Crippen molar-refractivity contribution in [1.82, 2.24) is 5.32 Å². The summed E-state index contributed by atoms with van der Waals surface area (Å²) in [5.41, 5.74) is 0.741. The lowest BCUT2D eigenvalue weighted by molar-refractivity contribution is 0.0697. The number of carbonyl (C=O) groups is 2. The zero-order chi connectivity index (χ0) is 14.1. The lowest BCUT2D eigenvalue weighted by Crippen LogP contribution is -2.29. The predicted molar refractivity (Wildman–Crippen MR) is 71.5 cm³/mol. The number of carbonyl (C=O) groups excluding carboxylic acids is 1. The van der Waals surface area contributed by atoms with E-state index in [-0.39, 0.29) is 11.6 Å². The number of hydrogen-bond donors (Lipinski definition) is 3. The third kappa shape index (κ3) is 5.87. The molecule has 0 aliphatic heterocycles. The number of carboxylic acids is 1. The van der Waals surface area contributed by atoms with E-state index < -0.39 is 5.97 Å². The molecule has 6 heteroatoms. The fourth-order valence-electron chi connectivity index (χ4n) is 1.44. The van der Waals surface area contributed by atoms with Crippen LogP contribution in [-0.2, 0) is 4.74 Å². The molecule has 1 aromatic carbocycles. The van der Waals surface area contributed by atoms with E-state index in [0.717, 1.165) is 12.8 Å². The van der Waals surface area contributed by atoms with Crippen molar-refractivity contribution in [1.29, 1.82) is 0 Å². The maximum absolute atomic E-state index is 11.5. The maximum atomic E-state index is 11.5. The number of benzene rings is 1. The van der Waals surface area contributed by atoms with Crippen molar-refractivity contribution in [2.24, 2.45) is 0 Å². The molecule has 1 aromatic rings. The van der Waals surface area contributed by atoms with Gasteiger partial charge in [-0.3, -0.25) is 0 Å². The molecular formula is C13H18N2O4. The molecule has 3 N–H and O–H groups in total. The van der Waals surface area contributed by atoms with E-state index in [9.17, 15) is 9.59 Å². The molecule has 0 atom stereocenters. The summed E-state index contributed by atoms with van der Waals surface area (Å²) in [4.78, 5) is 22.1. The highest BCUT2D eigenvalue weighted by atomic mass is 16.5. The van der Waals surface area contributed by atoms with E-state index in [1.54, 1.807) is 19.2 Å². The summed E-state index contributed by atoms with van der Waals surface area (Å²) >= 11 is 0. The molecule has 0 bridgehead atoms. The molecule has 0 saturated carbocycles. The van der Waals surface area contributed by atoms with Crippen LogP contribution in [0.2, 0.25) is 0 Å². The molecule has 104 valence electrons. The van der Waals surface area contributed by atoms with Crippen LogP contribution in [0.5, 0.6) is 0 Å². The van der Waals surface area contributed by atoms with Crippen molar-refractivity contribution >= 4 is 17.7 Å². The Morgan fingerprint density at radius 2 is 1.89 bits per heavy atom. The van der Waals surface area contributed by atoms with Gasteiger partial charge in [-0.15, -0.1) is 0 Å². The molecule has 19 heavy (non-hydrogen) atoms. The Hall–Kier alpha value is -2.08. The summed E-state index contributed by atoms with van der Waals surface area (Å²) < 4.78 is 4.90. The van der Waals surface area contributed by atoms with Gasteiger partial charge in [-0.2, -0.15) is 0 Å². The first-order valence-electron chi connectivity index (χ1n) is 6.00. The zero-order valence-electron chi connectivity index (χ0n) is 10.8. The second-order valence-corrected chi connectivity index (χ2v) is 3.96. The van der Waals surface area contributed by atoms with Gasteiger partial charge in [0.25, 0.3) is 0 Å². The van der Waals surface area contributed by atoms with Crippen LogP contribution in [0.15, 0.2) is 24.3 Å². The first-order valence-corrected chi connectivity index (χ1v) is 6.00. The van der Waals surface area contributed by atoms with Crippen LogP contribution >= 0.6 is 0 Å². The standard InChI is InChI=1S/C13H18N2O4/c1-19-9-3-2-8-14-13(18)15-11-6-4-10(5-7-11)12(16)17/h4-7H,2-3,8-9H2,1H3,(H,16,17)(H2,14,15,18). The normalized spacial score (nSPS) is 9.95. The number of aromatic carboxylic acids is 1. The number of urea groups is 1. The average Bonchev–Trinajstić information content (AvgIpc) is 2.39. The second kappa shape index (κ2) is 8.10. The van der Waals surface area contributed by atoms with Crippen molar-refractivity contribution in [3.05, 3.63) is 29.8 Å². The SMILES string of the molecule is COCCCCNC(=O)Nc1ccc(C(=O)O)cc1. The topological polar surface area (TPSA) is 87.7 Å². The molecule has 0 heterocycles. The molecule has 0 aromatic heterocycles. The summed E-state index contributed by atoms with van der Waals surface area (Å²) in [7, 11) is 1.64. The summed E-state index contributed by atoms with van der Waals surface area (Å²) in [6.07, 6.45) is 1.74. The highest BCUT2D eigenvalue weighted by molar-refractivity contribution is 5.91. The lowest BCUT2D eigenvalue weighted by Gasteiger charge is -2.07. The number of amides is 2. The molecule has 0 aliphatic rings. The maximum Gasteiger partial charge on any atom is 0.335 e. The van der Waals surface area contributed by atoms with Crippen molar-refractivity contribution < 1.29 is 19.4 Å². The van der Waals surface area contributed by atoms with Gasteiger partial charge >= 0.3 is 12.0 Å². The first kappa shape index (κ1) is 15.0. The molecule has 2 amide bonds. The molecule has 0 spiro atoms. The van der Waals surface area contributed by atoms with Crippen LogP contribution in [0, 0.1) is 0 Å². The number of ether oxygens (including phenoxy) is 1. The molecule has 0 aliphatic carbocycles. The monoisotopic (exact) mass is 266 g/mol. The van der Waals surface area contributed by atoms with Crippen LogP contribution in [0.4, 0.5) is 10.5 Å². The Morgan fingerprint density at radius 1 is 1.21 bits per heavy atom. The van der Waals surface area contributed by atoms with Crippen LogP contribution in [0.25, 0.3) is 0 Å². The van der Waals surface area contributed by atoms with Crippen LogP contribution in [0.1, 0.15) is 23.2 Å². The number of nitrogens with one attached hydrogen (secondary N) is 2. The van der Waals surface area contributed by atoms with Gasteiger partial charge in [-0.25, -0.2) is 9.59 Å². The number of rotatable bonds is 7. The number of anilines is 1. The Kier molecular flexibility index (Phi) is 6.38. The minimum atomic E-state index is -0.992. The fraction of sp³-hybridized carbons (Fsp3) is 0.385. The van der Waals surface area contributed by atoms with E-state index in [1.165, 1.54) is 12.1 Å². The Balaban J connectivity index is 2.30. The van der Waals surface area contributed by atoms with Crippen LogP contribution in [0.3, 0.4) is 0 Å². The van der Waals surface area contributed by atoms with Gasteiger partial charge in [0.2, 0.25) is 0 Å². The molecule has 1 rings (SSSR count). The van der Waals surface area contributed by atoms with E-state index in [1.807, 2.05) is 0 Å². The molecule has 0 saturated heterocycles. The fourth-order valence-corrected chi connectivity index (χ4v) is 1.44. The lowest BCUT2D eigenvalue weighted by atomic mass is 10.2. The highest BCUT2D eigenvalue weighted by Crippen LogP contribution is 2.09. The number of unbranched alkanes of at least 4 members (excludes halogenated alkanes) is 1. The minimum absolute atomic E-state index is 0.186. The summed E-state index contributed by atoms with van der Waals surface area (Å²) in [5, 5.41) is 14.1. The van der Waals surface area contributed by atoms with Crippen LogP contribution < -0.4 is 10.6 Å². The molecule has 0 unspecified atom stereocenters. The average molecular weight is 266 g/mol. The van der Waals surface area contributed by atoms with E-state index in [0.29, 0.717) is 18.8 Å². The number of carboxylic acid groups (broad SMARTS) is 1. The Bertz CT molecular complexity index is 417. The zero-order valence-corrected chi connectivity index (χ0v) is 10.8. The summed E-state index contributed by atoms with van der Waals surface area (Å²) in [5.74, 6) is -0.992. The van der Waals surface area contributed by atoms with Crippen molar-refractivity contribution in [2.45, 2.75) is 12.8 Å². The summed E-state index contributed by atoms with van der Waals surface area (Å²) in [6, 6.07) is 5.68. The summed E-state index contributed by atoms with van der Waals surface area (Å²) in [6.45, 7) is 1.25. The third-order valence-electron chi connectivity index (χ3n) is 2.45. The Morgan fingerprint density at radius 3 is 2.47 bits per heavy atom. The quantitative estimate of drug-likeness (QED) is 0.658. The minimum Gasteiger partial charge on any atom is -0.478 e. The third-order valence-corrected chi connectivity index (χ3v) is 2.45. The Labute approximate surface area is 111 Å². The first-order chi connectivity index (χ1) is 9.13. The van der Waals surface area contributed by atoms with Gasteiger partial charge in [0.05, 0.1) is 5.56 Å². The van der Waals surface area contributed by atoms with Gasteiger partial charge in [0, 0.05) is 25.9 Å². The van der Waals surface area contributed by atoms with Gasteiger partial charge < -0.3 is 20.5 Å². The second-order valence-electron chi connectivity index (χ2n) is 3.96. The molecule has 6 nitrogen and oxygen atoms in total. The smallest absolute Gasteiger partial charge is 0.335 e. The van der Waals surface area contributed by atoms with Gasteiger partial charge in [-0.1, -0.05) is 0 Å². The van der Waals surface area contributed by atoms with E-state index >= 15 is 0 Å². The van der Waals surface area contributed by atoms with Crippen molar-refractivity contribution in [2.75, 3.05) is 25.6 Å². The van der Waals surface area contributed by atoms with E-state index in [2.05, 4.69) is 10.6 Å². The number of methoxy groups -OCH3 is 1. The van der Waals surface area contributed by atoms with Crippen molar-refractivity contribution in [3.8, 4) is 0 Å². The molecule has 0 radical (unpaired) electrons. The predicted octanol–water partition coefficient (Wildman–Crippen LogP) is 1.93. The molecular weight excluding hydrogens is 248 g/mol.